The molecule has 1 aliphatic rings. The van der Waals surface area contributed by atoms with E-state index in [0.29, 0.717) is 31.1 Å². The number of ether oxygens (including phenoxy) is 1. The molecule has 0 saturated carbocycles. The summed E-state index contributed by atoms with van der Waals surface area (Å²) in [5, 5.41) is 12.6. The van der Waals surface area contributed by atoms with Crippen LogP contribution in [0.2, 0.25) is 5.02 Å². The second-order valence-corrected chi connectivity index (χ2v) is 4.42. The Morgan fingerprint density at radius 1 is 1.41 bits per heavy atom. The van der Waals surface area contributed by atoms with Gasteiger partial charge in [-0.1, -0.05) is 17.7 Å². The fourth-order valence-electron chi connectivity index (χ4n) is 1.82. The van der Waals surface area contributed by atoms with Gasteiger partial charge in [-0.2, -0.15) is 0 Å². The van der Waals surface area contributed by atoms with Gasteiger partial charge in [0.1, 0.15) is 11.4 Å². The van der Waals surface area contributed by atoms with E-state index < -0.39 is 0 Å². The smallest absolute Gasteiger partial charge is 0.227 e. The molecule has 2 N–H and O–H groups in total. The van der Waals surface area contributed by atoms with Crippen LogP contribution in [0.25, 0.3) is 0 Å². The van der Waals surface area contributed by atoms with Gasteiger partial charge in [-0.25, -0.2) is 0 Å². The molecule has 1 aromatic carbocycles. The molecule has 17 heavy (non-hydrogen) atoms. The van der Waals surface area contributed by atoms with Crippen molar-refractivity contribution in [3.05, 3.63) is 23.2 Å². The zero-order chi connectivity index (χ0) is 12.3. The molecule has 1 amide bonds. The first-order chi connectivity index (χ1) is 8.18. The van der Waals surface area contributed by atoms with Crippen molar-refractivity contribution in [2.75, 3.05) is 18.5 Å². The number of anilines is 1. The van der Waals surface area contributed by atoms with Crippen LogP contribution in [0.1, 0.15) is 12.8 Å². The number of hydrogen-bond donors (Lipinski definition) is 2. The molecule has 0 spiro atoms. The average molecular weight is 256 g/mol. The standard InChI is InChI=1S/C12H14ClNO3/c13-9-2-1-3-10(15)11(9)14-12(16)8-4-6-17-7-5-8/h1-3,8,15H,4-7H2,(H,14,16). The second-order valence-electron chi connectivity index (χ2n) is 4.01. The minimum Gasteiger partial charge on any atom is -0.506 e. The van der Waals surface area contributed by atoms with E-state index in [2.05, 4.69) is 5.32 Å². The number of phenols is 1. The van der Waals surface area contributed by atoms with E-state index >= 15 is 0 Å². The third-order valence-electron chi connectivity index (χ3n) is 2.83. The predicted octanol–water partition coefficient (Wildman–Crippen LogP) is 2.41. The van der Waals surface area contributed by atoms with Gasteiger partial charge in [0, 0.05) is 19.1 Å². The number of hydrogen-bond acceptors (Lipinski definition) is 3. The highest BCUT2D eigenvalue weighted by Crippen LogP contribution is 2.31. The van der Waals surface area contributed by atoms with Crippen molar-refractivity contribution in [3.63, 3.8) is 0 Å². The lowest BCUT2D eigenvalue weighted by Crippen LogP contribution is -2.28. The van der Waals surface area contributed by atoms with E-state index in [4.69, 9.17) is 16.3 Å². The molecule has 1 aromatic rings. The molecule has 0 unspecified atom stereocenters. The first-order valence-corrected chi connectivity index (χ1v) is 5.92. The molecule has 92 valence electrons. The van der Waals surface area contributed by atoms with E-state index in [1.165, 1.54) is 6.07 Å². The van der Waals surface area contributed by atoms with E-state index in [0.717, 1.165) is 0 Å². The van der Waals surface area contributed by atoms with Crippen LogP contribution in [0.5, 0.6) is 5.75 Å². The topological polar surface area (TPSA) is 58.6 Å². The fraction of sp³-hybridized carbons (Fsp3) is 0.417. The molecule has 0 atom stereocenters. The van der Waals surface area contributed by atoms with Gasteiger partial charge in [-0.15, -0.1) is 0 Å². The Balaban J connectivity index is 2.07. The molecule has 1 heterocycles. The highest BCUT2D eigenvalue weighted by atomic mass is 35.5. The van der Waals surface area contributed by atoms with Crippen LogP contribution in [0.15, 0.2) is 18.2 Å². The van der Waals surface area contributed by atoms with Crippen molar-refractivity contribution in [2.24, 2.45) is 5.92 Å². The number of carbonyl (C=O) groups is 1. The van der Waals surface area contributed by atoms with Crippen molar-refractivity contribution < 1.29 is 14.6 Å². The van der Waals surface area contributed by atoms with Gasteiger partial charge >= 0.3 is 0 Å². The Bertz CT molecular complexity index is 396. The van der Waals surface area contributed by atoms with Crippen molar-refractivity contribution >= 4 is 23.2 Å². The van der Waals surface area contributed by atoms with Crippen molar-refractivity contribution in [1.82, 2.24) is 0 Å². The summed E-state index contributed by atoms with van der Waals surface area (Å²) < 4.78 is 5.19. The van der Waals surface area contributed by atoms with Crippen LogP contribution >= 0.6 is 11.6 Å². The summed E-state index contributed by atoms with van der Waals surface area (Å²) in [6.45, 7) is 1.21. The average Bonchev–Trinajstić information content (AvgIpc) is 2.35. The number of rotatable bonds is 2. The molecule has 5 heteroatoms. The van der Waals surface area contributed by atoms with Crippen molar-refractivity contribution in [1.29, 1.82) is 0 Å². The molecule has 4 nitrogen and oxygen atoms in total. The molecular weight excluding hydrogens is 242 g/mol. The number of aromatic hydroxyl groups is 1. The van der Waals surface area contributed by atoms with Crippen molar-refractivity contribution in [2.45, 2.75) is 12.8 Å². The second kappa shape index (κ2) is 5.38. The number of benzene rings is 1. The largest absolute Gasteiger partial charge is 0.506 e. The maximum Gasteiger partial charge on any atom is 0.227 e. The molecule has 2 rings (SSSR count). The molecule has 0 radical (unpaired) electrons. The quantitative estimate of drug-likeness (QED) is 0.798. The zero-order valence-electron chi connectivity index (χ0n) is 9.28. The first kappa shape index (κ1) is 12.2. The third-order valence-corrected chi connectivity index (χ3v) is 3.15. The normalized spacial score (nSPS) is 16.8. The summed E-state index contributed by atoms with van der Waals surface area (Å²) in [7, 11) is 0. The van der Waals surface area contributed by atoms with Gasteiger partial charge in [-0.05, 0) is 25.0 Å². The Hall–Kier alpha value is -1.26. The highest BCUT2D eigenvalue weighted by molar-refractivity contribution is 6.34. The van der Waals surface area contributed by atoms with Gasteiger partial charge < -0.3 is 15.2 Å². The number of para-hydroxylation sites is 1. The Morgan fingerprint density at radius 3 is 2.76 bits per heavy atom. The van der Waals surface area contributed by atoms with Crippen LogP contribution in [0, 0.1) is 5.92 Å². The lowest BCUT2D eigenvalue weighted by Gasteiger charge is -2.21. The van der Waals surface area contributed by atoms with Crippen molar-refractivity contribution in [3.8, 4) is 5.75 Å². The summed E-state index contributed by atoms with van der Waals surface area (Å²) >= 11 is 5.91. The molecule has 0 bridgehead atoms. The molecule has 0 aromatic heterocycles. The maximum atomic E-state index is 11.9. The van der Waals surface area contributed by atoms with Crippen LogP contribution < -0.4 is 5.32 Å². The van der Waals surface area contributed by atoms with E-state index in [1.54, 1.807) is 12.1 Å². The number of amides is 1. The summed E-state index contributed by atoms with van der Waals surface area (Å²) in [5.74, 6) is -0.200. The van der Waals surface area contributed by atoms with Gasteiger partial charge in [0.2, 0.25) is 5.91 Å². The van der Waals surface area contributed by atoms with Crippen LogP contribution in [0.3, 0.4) is 0 Å². The van der Waals surface area contributed by atoms with Gasteiger partial charge in [-0.3, -0.25) is 4.79 Å². The highest BCUT2D eigenvalue weighted by Gasteiger charge is 2.22. The van der Waals surface area contributed by atoms with Crippen LogP contribution in [-0.2, 0) is 9.53 Å². The Morgan fingerprint density at radius 2 is 2.12 bits per heavy atom. The summed E-state index contributed by atoms with van der Waals surface area (Å²) in [5.41, 5.74) is 0.283. The zero-order valence-corrected chi connectivity index (χ0v) is 10.0. The number of nitrogens with one attached hydrogen (secondary N) is 1. The molecule has 0 aliphatic carbocycles. The van der Waals surface area contributed by atoms with Crippen LogP contribution in [-0.4, -0.2) is 24.2 Å². The van der Waals surface area contributed by atoms with Gasteiger partial charge in [0.15, 0.2) is 0 Å². The van der Waals surface area contributed by atoms with E-state index in [1.807, 2.05) is 0 Å². The molecular formula is C12H14ClNO3. The SMILES string of the molecule is O=C(Nc1c(O)cccc1Cl)C1CCOCC1. The number of carbonyl (C=O) groups excluding carboxylic acids is 1. The lowest BCUT2D eigenvalue weighted by molar-refractivity contribution is -0.122. The van der Waals surface area contributed by atoms with E-state index in [-0.39, 0.29) is 23.3 Å². The predicted molar refractivity (Wildman–Crippen MR) is 65.3 cm³/mol. The summed E-state index contributed by atoms with van der Waals surface area (Å²) in [6, 6.07) is 4.74. The number of phenolic OH excluding ortho intramolecular Hbond substituents is 1. The minimum atomic E-state index is -0.114. The molecule has 1 saturated heterocycles. The Kier molecular flexibility index (Phi) is 3.86. The summed E-state index contributed by atoms with van der Waals surface area (Å²) in [6.07, 6.45) is 1.41. The third kappa shape index (κ3) is 2.90. The fourth-order valence-corrected chi connectivity index (χ4v) is 2.04. The molecule has 1 fully saturated rings. The van der Waals surface area contributed by atoms with Gasteiger partial charge in [0.05, 0.1) is 5.02 Å². The Labute approximate surface area is 105 Å². The lowest BCUT2D eigenvalue weighted by atomic mass is 9.99. The van der Waals surface area contributed by atoms with E-state index in [9.17, 15) is 9.90 Å². The first-order valence-electron chi connectivity index (χ1n) is 5.54. The minimum absolute atomic E-state index is 0.0158. The van der Waals surface area contributed by atoms with Crippen LogP contribution in [0.4, 0.5) is 5.69 Å². The maximum absolute atomic E-state index is 11.9. The summed E-state index contributed by atoms with van der Waals surface area (Å²) in [4.78, 5) is 11.9. The monoisotopic (exact) mass is 255 g/mol. The van der Waals surface area contributed by atoms with Gasteiger partial charge in [0.25, 0.3) is 0 Å². The number of halogens is 1. The molecule has 1 aliphatic heterocycles.